The van der Waals surface area contributed by atoms with Gasteiger partial charge in [0.1, 0.15) is 0 Å². The maximum Gasteiger partial charge on any atom is 0.278 e. The lowest BCUT2D eigenvalue weighted by Crippen LogP contribution is -2.96. The van der Waals surface area contributed by atoms with E-state index in [0.717, 1.165) is 12.2 Å². The Kier molecular flexibility index (Phi) is 3.72. The Hall–Kier alpha value is -1.88. The molecule has 0 radical (unpaired) electrons. The molecule has 0 unspecified atom stereocenters. The summed E-state index contributed by atoms with van der Waals surface area (Å²) in [5.74, 6) is -0.186. The molecule has 2 rings (SSSR count). The maximum atomic E-state index is 11.7. The summed E-state index contributed by atoms with van der Waals surface area (Å²) < 4.78 is 0. The molecule has 0 spiro atoms. The standard InChI is InChI=1S/C12H15N3O2/c16-11(15-9-4-2-1-3-5-9)8-10-12(17)14-7-6-13-10/h1-5,10,13H,6-8H2,(H,14,17)(H,15,16)/p+1/t10-/m1/s1. The van der Waals surface area contributed by atoms with Crippen molar-refractivity contribution in [3.05, 3.63) is 30.3 Å². The molecule has 90 valence electrons. The second-order valence-electron chi connectivity index (χ2n) is 4.04. The molecule has 1 aromatic carbocycles. The van der Waals surface area contributed by atoms with Gasteiger partial charge in [0.25, 0.3) is 5.91 Å². The fourth-order valence-corrected chi connectivity index (χ4v) is 1.83. The monoisotopic (exact) mass is 234 g/mol. The quantitative estimate of drug-likeness (QED) is 0.632. The number of hydrogen-bond donors (Lipinski definition) is 3. The van der Waals surface area contributed by atoms with E-state index in [4.69, 9.17) is 0 Å². The molecule has 1 aromatic rings. The Morgan fingerprint density at radius 3 is 2.88 bits per heavy atom. The first-order chi connectivity index (χ1) is 8.25. The van der Waals surface area contributed by atoms with Crippen molar-refractivity contribution in [2.45, 2.75) is 12.5 Å². The Labute approximate surface area is 99.6 Å². The van der Waals surface area contributed by atoms with Gasteiger partial charge in [-0.15, -0.1) is 0 Å². The Bertz CT molecular complexity index is 405. The van der Waals surface area contributed by atoms with E-state index < -0.39 is 0 Å². The number of hydrogen-bond acceptors (Lipinski definition) is 2. The topological polar surface area (TPSA) is 74.8 Å². The lowest BCUT2D eigenvalue weighted by atomic mass is 10.1. The van der Waals surface area contributed by atoms with Crippen LogP contribution in [0.25, 0.3) is 0 Å². The lowest BCUT2D eigenvalue weighted by molar-refractivity contribution is -0.678. The van der Waals surface area contributed by atoms with Crippen LogP contribution in [0.3, 0.4) is 0 Å². The van der Waals surface area contributed by atoms with E-state index in [2.05, 4.69) is 10.6 Å². The summed E-state index contributed by atoms with van der Waals surface area (Å²) in [6, 6.07) is 8.94. The number of carbonyl (C=O) groups is 2. The largest absolute Gasteiger partial charge is 0.345 e. The van der Waals surface area contributed by atoms with E-state index in [1.165, 1.54) is 0 Å². The van der Waals surface area contributed by atoms with Crippen molar-refractivity contribution >= 4 is 17.5 Å². The zero-order valence-corrected chi connectivity index (χ0v) is 9.48. The highest BCUT2D eigenvalue weighted by Crippen LogP contribution is 2.05. The highest BCUT2D eigenvalue weighted by Gasteiger charge is 2.27. The first kappa shape index (κ1) is 11.6. The summed E-state index contributed by atoms with van der Waals surface area (Å²) in [5, 5.41) is 7.43. The molecular formula is C12H16N3O2+. The molecule has 17 heavy (non-hydrogen) atoms. The Morgan fingerprint density at radius 2 is 2.18 bits per heavy atom. The number of para-hydroxylation sites is 1. The van der Waals surface area contributed by atoms with Crippen molar-refractivity contribution in [3.63, 3.8) is 0 Å². The van der Waals surface area contributed by atoms with Gasteiger partial charge in [-0.25, -0.2) is 0 Å². The fraction of sp³-hybridized carbons (Fsp3) is 0.333. The summed E-state index contributed by atoms with van der Waals surface area (Å²) >= 11 is 0. The molecule has 1 aliphatic heterocycles. The Balaban J connectivity index is 1.87. The van der Waals surface area contributed by atoms with Gasteiger partial charge in [0.2, 0.25) is 5.91 Å². The predicted octanol–water partition coefficient (Wildman–Crippen LogP) is -0.923. The molecule has 4 N–H and O–H groups in total. The molecule has 2 amide bonds. The number of benzene rings is 1. The van der Waals surface area contributed by atoms with Crippen molar-refractivity contribution in [1.82, 2.24) is 5.32 Å². The SMILES string of the molecule is O=C(C[C@H]1[NH2+]CCNC1=O)Nc1ccccc1. The van der Waals surface area contributed by atoms with Crippen molar-refractivity contribution < 1.29 is 14.9 Å². The molecule has 1 heterocycles. The summed E-state index contributed by atoms with van der Waals surface area (Å²) in [6.07, 6.45) is 0.209. The van der Waals surface area contributed by atoms with Crippen molar-refractivity contribution in [1.29, 1.82) is 0 Å². The molecule has 1 saturated heterocycles. The number of nitrogens with one attached hydrogen (secondary N) is 2. The van der Waals surface area contributed by atoms with E-state index in [9.17, 15) is 9.59 Å². The second-order valence-corrected chi connectivity index (χ2v) is 4.04. The molecule has 5 nitrogen and oxygen atoms in total. The Morgan fingerprint density at radius 1 is 1.41 bits per heavy atom. The highest BCUT2D eigenvalue weighted by molar-refractivity contribution is 5.94. The minimum atomic E-state index is -0.299. The zero-order chi connectivity index (χ0) is 12.1. The average molecular weight is 234 g/mol. The first-order valence-corrected chi connectivity index (χ1v) is 5.71. The third-order valence-corrected chi connectivity index (χ3v) is 2.69. The van der Waals surface area contributed by atoms with E-state index in [0.29, 0.717) is 6.54 Å². The normalized spacial score (nSPS) is 19.5. The van der Waals surface area contributed by atoms with Crippen LogP contribution in [0, 0.1) is 0 Å². The molecule has 1 aliphatic rings. The highest BCUT2D eigenvalue weighted by atomic mass is 16.2. The van der Waals surface area contributed by atoms with Crippen LogP contribution >= 0.6 is 0 Å². The maximum absolute atomic E-state index is 11.7. The van der Waals surface area contributed by atoms with Gasteiger partial charge in [-0.1, -0.05) is 18.2 Å². The number of rotatable bonds is 3. The van der Waals surface area contributed by atoms with E-state index in [-0.39, 0.29) is 24.3 Å². The first-order valence-electron chi connectivity index (χ1n) is 5.71. The molecular weight excluding hydrogens is 218 g/mol. The predicted molar refractivity (Wildman–Crippen MR) is 63.3 cm³/mol. The summed E-state index contributed by atoms with van der Waals surface area (Å²) in [6.45, 7) is 1.50. The second kappa shape index (κ2) is 5.45. The molecule has 0 aromatic heterocycles. The van der Waals surface area contributed by atoms with Crippen LogP contribution in [-0.4, -0.2) is 30.9 Å². The van der Waals surface area contributed by atoms with Crippen LogP contribution in [0.15, 0.2) is 30.3 Å². The molecule has 5 heteroatoms. The third kappa shape index (κ3) is 3.29. The fourth-order valence-electron chi connectivity index (χ4n) is 1.83. The molecule has 1 atom stereocenters. The molecule has 1 fully saturated rings. The summed E-state index contributed by atoms with van der Waals surface area (Å²) in [5.41, 5.74) is 0.758. The van der Waals surface area contributed by atoms with Crippen LogP contribution in [0.4, 0.5) is 5.69 Å². The van der Waals surface area contributed by atoms with E-state index >= 15 is 0 Å². The smallest absolute Gasteiger partial charge is 0.278 e. The van der Waals surface area contributed by atoms with Crippen molar-refractivity contribution in [3.8, 4) is 0 Å². The van der Waals surface area contributed by atoms with Crippen LogP contribution in [-0.2, 0) is 9.59 Å². The van der Waals surface area contributed by atoms with Gasteiger partial charge < -0.3 is 16.0 Å². The van der Waals surface area contributed by atoms with Gasteiger partial charge in [-0.05, 0) is 12.1 Å². The van der Waals surface area contributed by atoms with Crippen LogP contribution in [0.5, 0.6) is 0 Å². The van der Waals surface area contributed by atoms with Gasteiger partial charge in [-0.2, -0.15) is 0 Å². The van der Waals surface area contributed by atoms with Gasteiger partial charge >= 0.3 is 0 Å². The number of amides is 2. The molecule has 0 saturated carbocycles. The molecule has 0 bridgehead atoms. The number of carbonyl (C=O) groups excluding carboxylic acids is 2. The van der Waals surface area contributed by atoms with Gasteiger partial charge in [0.15, 0.2) is 6.04 Å². The zero-order valence-electron chi connectivity index (χ0n) is 9.48. The number of quaternary nitrogens is 1. The van der Waals surface area contributed by atoms with Crippen LogP contribution in [0.2, 0.25) is 0 Å². The number of anilines is 1. The summed E-state index contributed by atoms with van der Waals surface area (Å²) in [7, 11) is 0. The van der Waals surface area contributed by atoms with Crippen molar-refractivity contribution in [2.24, 2.45) is 0 Å². The van der Waals surface area contributed by atoms with E-state index in [1.54, 1.807) is 0 Å². The lowest BCUT2D eigenvalue weighted by Gasteiger charge is -2.19. The minimum absolute atomic E-state index is 0.0561. The average Bonchev–Trinajstić information content (AvgIpc) is 2.33. The van der Waals surface area contributed by atoms with Crippen LogP contribution < -0.4 is 16.0 Å². The van der Waals surface area contributed by atoms with Crippen LogP contribution in [0.1, 0.15) is 6.42 Å². The molecule has 0 aliphatic carbocycles. The minimum Gasteiger partial charge on any atom is -0.345 e. The third-order valence-electron chi connectivity index (χ3n) is 2.69. The van der Waals surface area contributed by atoms with E-state index in [1.807, 2.05) is 35.6 Å². The number of nitrogens with two attached hydrogens (primary N) is 1. The number of piperazine rings is 1. The van der Waals surface area contributed by atoms with Gasteiger partial charge in [0.05, 0.1) is 19.5 Å². The van der Waals surface area contributed by atoms with Gasteiger partial charge in [-0.3, -0.25) is 9.59 Å². The summed E-state index contributed by atoms with van der Waals surface area (Å²) in [4.78, 5) is 23.2. The van der Waals surface area contributed by atoms with Gasteiger partial charge in [0, 0.05) is 5.69 Å². The van der Waals surface area contributed by atoms with Crippen molar-refractivity contribution in [2.75, 3.05) is 18.4 Å².